The van der Waals surface area contributed by atoms with E-state index < -0.39 is 0 Å². The largest absolute Gasteiger partial charge is 0.103 e. The van der Waals surface area contributed by atoms with E-state index in [9.17, 15) is 0 Å². The number of allylic oxidation sites excluding steroid dienone is 1. The van der Waals surface area contributed by atoms with Gasteiger partial charge < -0.3 is 0 Å². The Morgan fingerprint density at radius 1 is 0.737 bits per heavy atom. The lowest BCUT2D eigenvalue weighted by molar-refractivity contribution is 0.433. The average molecular weight is 267 g/mol. The van der Waals surface area contributed by atoms with Crippen LogP contribution in [0.3, 0.4) is 0 Å². The van der Waals surface area contributed by atoms with Crippen molar-refractivity contribution < 1.29 is 0 Å². The molecule has 0 spiro atoms. The van der Waals surface area contributed by atoms with Gasteiger partial charge in [-0.05, 0) is 18.8 Å². The van der Waals surface area contributed by atoms with Gasteiger partial charge in [-0.2, -0.15) is 0 Å². The van der Waals surface area contributed by atoms with Crippen LogP contribution >= 0.6 is 0 Å². The van der Waals surface area contributed by atoms with E-state index in [0.29, 0.717) is 0 Å². The maximum Gasteiger partial charge on any atom is -0.0353 e. The highest BCUT2D eigenvalue weighted by atomic mass is 14.1. The van der Waals surface area contributed by atoms with E-state index in [0.717, 1.165) is 5.92 Å². The Hall–Kier alpha value is -0.260. The van der Waals surface area contributed by atoms with Gasteiger partial charge in [-0.3, -0.25) is 0 Å². The molecule has 1 unspecified atom stereocenters. The Bertz CT molecular complexity index is 171. The van der Waals surface area contributed by atoms with Crippen molar-refractivity contribution in [3.63, 3.8) is 0 Å². The molecule has 114 valence electrons. The van der Waals surface area contributed by atoms with Crippen LogP contribution in [0.5, 0.6) is 0 Å². The third-order valence-electron chi connectivity index (χ3n) is 4.16. The first kappa shape index (κ1) is 18.7. The second-order valence-electron chi connectivity index (χ2n) is 6.30. The van der Waals surface area contributed by atoms with E-state index in [1.165, 1.54) is 89.9 Å². The molecule has 1 atom stereocenters. The molecule has 0 heteroatoms. The first-order valence-electron chi connectivity index (χ1n) is 8.92. The maximum atomic E-state index is 3.77. The van der Waals surface area contributed by atoms with Gasteiger partial charge >= 0.3 is 0 Å². The summed E-state index contributed by atoms with van der Waals surface area (Å²) in [4.78, 5) is 0. The SMILES string of the molecule is C=CCCCCCCCCCC(C)CCCCCC. The molecule has 19 heavy (non-hydrogen) atoms. The van der Waals surface area contributed by atoms with E-state index in [4.69, 9.17) is 0 Å². The van der Waals surface area contributed by atoms with Crippen molar-refractivity contribution in [2.45, 2.75) is 104 Å². The monoisotopic (exact) mass is 266 g/mol. The van der Waals surface area contributed by atoms with Crippen LogP contribution in [0, 0.1) is 5.92 Å². The highest BCUT2D eigenvalue weighted by Gasteiger charge is 2.01. The van der Waals surface area contributed by atoms with Crippen molar-refractivity contribution in [3.05, 3.63) is 12.7 Å². The van der Waals surface area contributed by atoms with Gasteiger partial charge in [0, 0.05) is 0 Å². The first-order chi connectivity index (χ1) is 9.31. The van der Waals surface area contributed by atoms with Crippen LogP contribution in [0.1, 0.15) is 104 Å². The van der Waals surface area contributed by atoms with Crippen molar-refractivity contribution in [2.24, 2.45) is 5.92 Å². The van der Waals surface area contributed by atoms with Crippen LogP contribution in [0.15, 0.2) is 12.7 Å². The predicted molar refractivity (Wildman–Crippen MR) is 89.7 cm³/mol. The standard InChI is InChI=1S/C19H38/c1-4-6-8-10-11-12-13-14-16-18-19(3)17-15-9-7-5-2/h4,19H,1,5-18H2,2-3H3. The predicted octanol–water partition coefficient (Wildman–Crippen LogP) is 7.29. The summed E-state index contributed by atoms with van der Waals surface area (Å²) in [7, 11) is 0. The summed E-state index contributed by atoms with van der Waals surface area (Å²) in [6.07, 6.45) is 21.9. The minimum atomic E-state index is 0.962. The van der Waals surface area contributed by atoms with Crippen LogP contribution in [0.2, 0.25) is 0 Å². The highest BCUT2D eigenvalue weighted by molar-refractivity contribution is 4.65. The Morgan fingerprint density at radius 2 is 1.21 bits per heavy atom. The minimum Gasteiger partial charge on any atom is -0.103 e. The smallest absolute Gasteiger partial charge is 0.0353 e. The van der Waals surface area contributed by atoms with Crippen LogP contribution in [0.25, 0.3) is 0 Å². The number of rotatable bonds is 15. The summed E-state index contributed by atoms with van der Waals surface area (Å²) in [5.41, 5.74) is 0. The molecule has 0 aromatic heterocycles. The number of hydrogen-bond donors (Lipinski definition) is 0. The quantitative estimate of drug-likeness (QED) is 0.216. The molecule has 0 radical (unpaired) electrons. The number of unbranched alkanes of at least 4 members (excludes halogenated alkanes) is 10. The highest BCUT2D eigenvalue weighted by Crippen LogP contribution is 2.18. The summed E-state index contributed by atoms with van der Waals surface area (Å²) < 4.78 is 0. The maximum absolute atomic E-state index is 3.77. The Labute approximate surface area is 123 Å². The molecule has 0 aromatic rings. The molecular weight excluding hydrogens is 228 g/mol. The fourth-order valence-corrected chi connectivity index (χ4v) is 2.73. The third kappa shape index (κ3) is 15.7. The van der Waals surface area contributed by atoms with Gasteiger partial charge in [-0.15, -0.1) is 6.58 Å². The van der Waals surface area contributed by atoms with Gasteiger partial charge in [0.1, 0.15) is 0 Å². The van der Waals surface area contributed by atoms with Crippen molar-refractivity contribution in [2.75, 3.05) is 0 Å². The Balaban J connectivity index is 3.09. The Kier molecular flexibility index (Phi) is 15.6. The van der Waals surface area contributed by atoms with Crippen molar-refractivity contribution in [1.82, 2.24) is 0 Å². The van der Waals surface area contributed by atoms with Gasteiger partial charge in [0.15, 0.2) is 0 Å². The zero-order chi connectivity index (χ0) is 14.2. The Morgan fingerprint density at radius 3 is 1.74 bits per heavy atom. The molecule has 0 rings (SSSR count). The lowest BCUT2D eigenvalue weighted by Gasteiger charge is -2.10. The average Bonchev–Trinajstić information content (AvgIpc) is 2.42. The van der Waals surface area contributed by atoms with E-state index >= 15 is 0 Å². The van der Waals surface area contributed by atoms with E-state index in [1.807, 2.05) is 6.08 Å². The molecule has 0 aliphatic heterocycles. The van der Waals surface area contributed by atoms with Crippen LogP contribution in [-0.4, -0.2) is 0 Å². The molecule has 0 amide bonds. The molecule has 0 heterocycles. The molecular formula is C19H38. The summed E-state index contributed by atoms with van der Waals surface area (Å²) in [6, 6.07) is 0. The van der Waals surface area contributed by atoms with Gasteiger partial charge in [-0.25, -0.2) is 0 Å². The van der Waals surface area contributed by atoms with Crippen LogP contribution in [-0.2, 0) is 0 Å². The zero-order valence-corrected chi connectivity index (χ0v) is 13.8. The molecule has 0 fully saturated rings. The van der Waals surface area contributed by atoms with Crippen molar-refractivity contribution in [3.8, 4) is 0 Å². The van der Waals surface area contributed by atoms with E-state index in [1.54, 1.807) is 0 Å². The third-order valence-corrected chi connectivity index (χ3v) is 4.16. The first-order valence-corrected chi connectivity index (χ1v) is 8.92. The molecule has 0 N–H and O–H groups in total. The minimum absolute atomic E-state index is 0.962. The van der Waals surface area contributed by atoms with E-state index in [2.05, 4.69) is 20.4 Å². The molecule has 0 saturated heterocycles. The summed E-state index contributed by atoms with van der Waals surface area (Å²) in [5, 5.41) is 0. The molecule has 0 aromatic carbocycles. The van der Waals surface area contributed by atoms with Gasteiger partial charge in [0.2, 0.25) is 0 Å². The van der Waals surface area contributed by atoms with Crippen molar-refractivity contribution >= 4 is 0 Å². The van der Waals surface area contributed by atoms with Gasteiger partial charge in [0.25, 0.3) is 0 Å². The fraction of sp³-hybridized carbons (Fsp3) is 0.895. The second-order valence-corrected chi connectivity index (χ2v) is 6.30. The van der Waals surface area contributed by atoms with Crippen LogP contribution in [0.4, 0.5) is 0 Å². The summed E-state index contributed by atoms with van der Waals surface area (Å²) in [5.74, 6) is 0.962. The topological polar surface area (TPSA) is 0 Å². The van der Waals surface area contributed by atoms with Crippen molar-refractivity contribution in [1.29, 1.82) is 0 Å². The number of hydrogen-bond acceptors (Lipinski definition) is 0. The lowest BCUT2D eigenvalue weighted by atomic mass is 9.96. The fourth-order valence-electron chi connectivity index (χ4n) is 2.73. The molecule has 0 nitrogen and oxygen atoms in total. The molecule has 0 aliphatic carbocycles. The lowest BCUT2D eigenvalue weighted by Crippen LogP contribution is -1.95. The molecule has 0 aliphatic rings. The second kappa shape index (κ2) is 15.8. The van der Waals surface area contributed by atoms with E-state index in [-0.39, 0.29) is 0 Å². The van der Waals surface area contributed by atoms with Gasteiger partial charge in [-0.1, -0.05) is 97.0 Å². The molecule has 0 bridgehead atoms. The zero-order valence-electron chi connectivity index (χ0n) is 13.8. The summed E-state index contributed by atoms with van der Waals surface area (Å²) >= 11 is 0. The molecule has 0 saturated carbocycles. The normalized spacial score (nSPS) is 12.5. The van der Waals surface area contributed by atoms with Crippen LogP contribution < -0.4 is 0 Å². The van der Waals surface area contributed by atoms with Gasteiger partial charge in [0.05, 0.1) is 0 Å². The summed E-state index contributed by atoms with van der Waals surface area (Å²) in [6.45, 7) is 8.51.